The average Bonchev–Trinajstić information content (AvgIpc) is 2.47. The molecule has 1 aromatic rings. The Kier molecular flexibility index (Phi) is 5.00. The Balaban J connectivity index is 1.88. The monoisotopic (exact) mass is 310 g/mol. The van der Waals surface area contributed by atoms with Gasteiger partial charge in [0.25, 0.3) is 0 Å². The van der Waals surface area contributed by atoms with Crippen molar-refractivity contribution in [2.24, 2.45) is 5.92 Å². The maximum Gasteiger partial charge on any atom is 0.223 e. The zero-order valence-electron chi connectivity index (χ0n) is 12.5. The van der Waals surface area contributed by atoms with Crippen LogP contribution in [-0.2, 0) is 14.8 Å². The number of nitrogens with zero attached hydrogens (tertiary/aromatic N) is 1. The minimum atomic E-state index is -3.14. The van der Waals surface area contributed by atoms with Gasteiger partial charge in [0.15, 0.2) is 0 Å². The second-order valence-electron chi connectivity index (χ2n) is 5.58. The summed E-state index contributed by atoms with van der Waals surface area (Å²) in [7, 11) is -3.14. The van der Waals surface area contributed by atoms with Crippen molar-refractivity contribution in [1.29, 1.82) is 0 Å². The van der Waals surface area contributed by atoms with Gasteiger partial charge in [-0.2, -0.15) is 0 Å². The van der Waals surface area contributed by atoms with Crippen LogP contribution in [0.15, 0.2) is 30.3 Å². The predicted octanol–water partition coefficient (Wildman–Crippen LogP) is 1.54. The molecule has 1 aromatic carbocycles. The minimum Gasteiger partial charge on any atom is -0.349 e. The molecule has 1 saturated heterocycles. The molecular weight excluding hydrogens is 288 g/mol. The van der Waals surface area contributed by atoms with Crippen molar-refractivity contribution in [1.82, 2.24) is 9.62 Å². The third-order valence-electron chi connectivity index (χ3n) is 3.95. The first-order valence-electron chi connectivity index (χ1n) is 7.18. The Morgan fingerprint density at radius 1 is 1.24 bits per heavy atom. The number of benzene rings is 1. The number of carbonyl (C=O) groups is 1. The first-order valence-corrected chi connectivity index (χ1v) is 9.03. The predicted molar refractivity (Wildman–Crippen MR) is 82.1 cm³/mol. The second kappa shape index (κ2) is 6.58. The molecule has 1 atom stereocenters. The summed E-state index contributed by atoms with van der Waals surface area (Å²) < 4.78 is 24.3. The van der Waals surface area contributed by atoms with Gasteiger partial charge in [0.2, 0.25) is 15.9 Å². The summed E-state index contributed by atoms with van der Waals surface area (Å²) in [4.78, 5) is 12.3. The molecular formula is C15H22N2O3S. The fourth-order valence-electron chi connectivity index (χ4n) is 2.61. The Morgan fingerprint density at radius 3 is 2.33 bits per heavy atom. The fraction of sp³-hybridized carbons (Fsp3) is 0.533. The van der Waals surface area contributed by atoms with Crippen LogP contribution in [0.25, 0.3) is 0 Å². The first kappa shape index (κ1) is 16.0. The maximum absolute atomic E-state index is 12.3. The molecule has 6 heteroatoms. The molecule has 0 unspecified atom stereocenters. The summed E-state index contributed by atoms with van der Waals surface area (Å²) in [6.07, 6.45) is 2.38. The number of piperidine rings is 1. The summed E-state index contributed by atoms with van der Waals surface area (Å²) in [6, 6.07) is 9.77. The molecule has 2 rings (SSSR count). The largest absolute Gasteiger partial charge is 0.349 e. The molecule has 0 saturated carbocycles. The molecule has 1 N–H and O–H groups in total. The van der Waals surface area contributed by atoms with Crippen molar-refractivity contribution in [2.75, 3.05) is 19.3 Å². The van der Waals surface area contributed by atoms with Gasteiger partial charge < -0.3 is 5.32 Å². The van der Waals surface area contributed by atoms with Crippen LogP contribution in [0.2, 0.25) is 0 Å². The summed E-state index contributed by atoms with van der Waals surface area (Å²) in [5.74, 6) is -0.0892. The number of amides is 1. The van der Waals surface area contributed by atoms with Gasteiger partial charge in [0, 0.05) is 19.0 Å². The minimum absolute atomic E-state index is 0.0134. The molecule has 0 aromatic heterocycles. The Hall–Kier alpha value is -1.40. The normalized spacial score (nSPS) is 19.1. The van der Waals surface area contributed by atoms with E-state index in [1.807, 2.05) is 37.3 Å². The highest BCUT2D eigenvalue weighted by molar-refractivity contribution is 7.88. The fourth-order valence-corrected chi connectivity index (χ4v) is 3.48. The third kappa shape index (κ3) is 4.28. The number of rotatable bonds is 4. The van der Waals surface area contributed by atoms with Gasteiger partial charge in [-0.15, -0.1) is 0 Å². The van der Waals surface area contributed by atoms with Crippen LogP contribution >= 0.6 is 0 Å². The van der Waals surface area contributed by atoms with E-state index in [0.717, 1.165) is 5.56 Å². The Morgan fingerprint density at radius 2 is 1.81 bits per heavy atom. The van der Waals surface area contributed by atoms with Gasteiger partial charge in [-0.3, -0.25) is 4.79 Å². The molecule has 21 heavy (non-hydrogen) atoms. The summed E-state index contributed by atoms with van der Waals surface area (Å²) in [5.41, 5.74) is 1.07. The van der Waals surface area contributed by atoms with Crippen LogP contribution in [0.5, 0.6) is 0 Å². The van der Waals surface area contributed by atoms with Crippen molar-refractivity contribution in [3.05, 3.63) is 35.9 Å². The van der Waals surface area contributed by atoms with E-state index in [0.29, 0.717) is 25.9 Å². The van der Waals surface area contributed by atoms with E-state index >= 15 is 0 Å². The van der Waals surface area contributed by atoms with Crippen molar-refractivity contribution < 1.29 is 13.2 Å². The van der Waals surface area contributed by atoms with E-state index in [-0.39, 0.29) is 17.9 Å². The maximum atomic E-state index is 12.3. The van der Waals surface area contributed by atoms with Crippen molar-refractivity contribution in [2.45, 2.75) is 25.8 Å². The molecule has 0 radical (unpaired) electrons. The van der Waals surface area contributed by atoms with Gasteiger partial charge in [-0.25, -0.2) is 12.7 Å². The van der Waals surface area contributed by atoms with Gasteiger partial charge >= 0.3 is 0 Å². The molecule has 1 aliphatic rings. The Labute approximate surface area is 126 Å². The highest BCUT2D eigenvalue weighted by atomic mass is 32.2. The van der Waals surface area contributed by atoms with E-state index < -0.39 is 10.0 Å². The molecule has 116 valence electrons. The molecule has 5 nitrogen and oxygen atoms in total. The topological polar surface area (TPSA) is 66.5 Å². The highest BCUT2D eigenvalue weighted by Gasteiger charge is 2.29. The lowest BCUT2D eigenvalue weighted by Gasteiger charge is -2.30. The number of hydrogen-bond donors (Lipinski definition) is 1. The molecule has 1 heterocycles. The van der Waals surface area contributed by atoms with Crippen molar-refractivity contribution in [3.8, 4) is 0 Å². The molecule has 0 aliphatic carbocycles. The molecule has 1 amide bonds. The van der Waals surface area contributed by atoms with Crippen LogP contribution in [0.3, 0.4) is 0 Å². The summed E-state index contributed by atoms with van der Waals surface area (Å²) in [6.45, 7) is 2.81. The van der Waals surface area contributed by atoms with E-state index in [9.17, 15) is 13.2 Å². The molecule has 1 fully saturated rings. The highest BCUT2D eigenvalue weighted by Crippen LogP contribution is 2.21. The van der Waals surface area contributed by atoms with Gasteiger partial charge in [-0.05, 0) is 25.3 Å². The van der Waals surface area contributed by atoms with Crippen LogP contribution < -0.4 is 5.32 Å². The molecule has 0 bridgehead atoms. The third-order valence-corrected chi connectivity index (χ3v) is 5.26. The number of carbonyl (C=O) groups excluding carboxylic acids is 1. The Bertz CT molecular complexity index is 578. The van der Waals surface area contributed by atoms with E-state index in [1.54, 1.807) is 0 Å². The standard InChI is InChI=1S/C15H22N2O3S/c1-12(13-6-4-3-5-7-13)16-15(18)14-8-10-17(11-9-14)21(2,19)20/h3-7,12,14H,8-11H2,1-2H3,(H,16,18)/t12-/m1/s1. The zero-order chi connectivity index (χ0) is 15.5. The van der Waals surface area contributed by atoms with Crippen molar-refractivity contribution in [3.63, 3.8) is 0 Å². The van der Waals surface area contributed by atoms with Crippen LogP contribution in [0, 0.1) is 5.92 Å². The lowest BCUT2D eigenvalue weighted by atomic mass is 9.96. The van der Waals surface area contributed by atoms with Gasteiger partial charge in [0.05, 0.1) is 12.3 Å². The average molecular weight is 310 g/mol. The molecule has 1 aliphatic heterocycles. The van der Waals surface area contributed by atoms with Gasteiger partial charge in [-0.1, -0.05) is 30.3 Å². The first-order chi connectivity index (χ1) is 9.88. The lowest BCUT2D eigenvalue weighted by Crippen LogP contribution is -2.43. The second-order valence-corrected chi connectivity index (χ2v) is 7.56. The quantitative estimate of drug-likeness (QED) is 0.917. The van der Waals surface area contributed by atoms with Gasteiger partial charge in [0.1, 0.15) is 0 Å². The number of nitrogens with one attached hydrogen (secondary N) is 1. The van der Waals surface area contributed by atoms with Crippen molar-refractivity contribution >= 4 is 15.9 Å². The number of sulfonamides is 1. The van der Waals surface area contributed by atoms with E-state index in [4.69, 9.17) is 0 Å². The van der Waals surface area contributed by atoms with E-state index in [2.05, 4.69) is 5.32 Å². The zero-order valence-corrected chi connectivity index (χ0v) is 13.3. The number of hydrogen-bond acceptors (Lipinski definition) is 3. The molecule has 0 spiro atoms. The summed E-state index contributed by atoms with van der Waals surface area (Å²) in [5, 5.41) is 3.01. The SMILES string of the molecule is C[C@@H](NC(=O)C1CCN(S(C)(=O)=O)CC1)c1ccccc1. The van der Waals surface area contributed by atoms with Crippen LogP contribution in [-0.4, -0.2) is 38.0 Å². The van der Waals surface area contributed by atoms with Crippen LogP contribution in [0.1, 0.15) is 31.4 Å². The lowest BCUT2D eigenvalue weighted by molar-refractivity contribution is -0.126. The van der Waals surface area contributed by atoms with Crippen LogP contribution in [0.4, 0.5) is 0 Å². The smallest absolute Gasteiger partial charge is 0.223 e. The summed E-state index contributed by atoms with van der Waals surface area (Å²) >= 11 is 0. The van der Waals surface area contributed by atoms with E-state index in [1.165, 1.54) is 10.6 Å².